The van der Waals surface area contributed by atoms with E-state index in [1.165, 1.54) is 4.31 Å². The van der Waals surface area contributed by atoms with E-state index in [1.54, 1.807) is 29.2 Å². The molecule has 0 spiro atoms. The molecule has 1 aliphatic carbocycles. The van der Waals surface area contributed by atoms with Gasteiger partial charge in [-0.1, -0.05) is 17.3 Å². The summed E-state index contributed by atoms with van der Waals surface area (Å²) >= 11 is 0. The molecule has 2 N–H and O–H groups in total. The molecule has 1 aromatic heterocycles. The van der Waals surface area contributed by atoms with Crippen molar-refractivity contribution >= 4 is 16.1 Å². The molecular formula is C16H19N5O4S. The highest BCUT2D eigenvalue weighted by molar-refractivity contribution is 7.86. The Labute approximate surface area is 150 Å². The second kappa shape index (κ2) is 6.45. The van der Waals surface area contributed by atoms with Gasteiger partial charge in [-0.15, -0.1) is 0 Å². The lowest BCUT2D eigenvalue weighted by Gasteiger charge is -2.33. The van der Waals surface area contributed by atoms with E-state index < -0.39 is 10.2 Å². The van der Waals surface area contributed by atoms with Crippen LogP contribution in [0.5, 0.6) is 0 Å². The molecular weight excluding hydrogens is 358 g/mol. The fourth-order valence-corrected chi connectivity index (χ4v) is 3.61. The van der Waals surface area contributed by atoms with Gasteiger partial charge in [-0.05, 0) is 25.0 Å². The molecule has 1 amide bonds. The maximum Gasteiger partial charge on any atom is 0.277 e. The van der Waals surface area contributed by atoms with Crippen molar-refractivity contribution in [2.75, 3.05) is 26.2 Å². The molecule has 10 heteroatoms. The van der Waals surface area contributed by atoms with Gasteiger partial charge in [0.1, 0.15) is 0 Å². The summed E-state index contributed by atoms with van der Waals surface area (Å²) < 4.78 is 29.1. The van der Waals surface area contributed by atoms with Gasteiger partial charge in [0, 0.05) is 43.2 Å². The summed E-state index contributed by atoms with van der Waals surface area (Å²) in [5, 5.41) is 9.10. The van der Waals surface area contributed by atoms with E-state index in [-0.39, 0.29) is 19.0 Å². The summed E-state index contributed by atoms with van der Waals surface area (Å²) in [4.78, 5) is 18.6. The average Bonchev–Trinajstić information content (AvgIpc) is 3.38. The summed E-state index contributed by atoms with van der Waals surface area (Å²) in [5.41, 5.74) is 1.32. The molecule has 1 saturated heterocycles. The molecule has 9 nitrogen and oxygen atoms in total. The average molecular weight is 377 g/mol. The maximum absolute atomic E-state index is 12.6. The zero-order valence-corrected chi connectivity index (χ0v) is 14.9. The summed E-state index contributed by atoms with van der Waals surface area (Å²) in [6.45, 7) is 1.03. The minimum Gasteiger partial charge on any atom is -0.339 e. The van der Waals surface area contributed by atoms with Gasteiger partial charge < -0.3 is 9.42 Å². The number of carbonyl (C=O) groups is 1. The molecule has 2 fully saturated rings. The Bertz CT molecular complexity index is 912. The molecule has 1 aliphatic heterocycles. The third-order valence-electron chi connectivity index (χ3n) is 4.64. The van der Waals surface area contributed by atoms with E-state index in [2.05, 4.69) is 10.1 Å². The Balaban J connectivity index is 1.42. The van der Waals surface area contributed by atoms with Gasteiger partial charge in [0.25, 0.3) is 16.1 Å². The summed E-state index contributed by atoms with van der Waals surface area (Å²) in [5.74, 6) is 1.45. The Kier molecular flexibility index (Phi) is 4.25. The van der Waals surface area contributed by atoms with Crippen molar-refractivity contribution in [3.8, 4) is 11.4 Å². The SMILES string of the molecule is NS(=O)(=O)N1CCN(C(=O)c2ccc(-c3noc(C4CC4)n3)cc2)CC1. The lowest BCUT2D eigenvalue weighted by molar-refractivity contribution is 0.0698. The molecule has 0 unspecified atom stereocenters. The fraction of sp³-hybridized carbons (Fsp3) is 0.438. The third kappa shape index (κ3) is 3.48. The number of amides is 1. The molecule has 0 bridgehead atoms. The number of rotatable bonds is 4. The van der Waals surface area contributed by atoms with Crippen molar-refractivity contribution in [3.63, 3.8) is 0 Å². The first-order valence-electron chi connectivity index (χ1n) is 8.43. The van der Waals surface area contributed by atoms with Crippen molar-refractivity contribution in [1.82, 2.24) is 19.3 Å². The van der Waals surface area contributed by atoms with Crippen LogP contribution in [0.15, 0.2) is 28.8 Å². The van der Waals surface area contributed by atoms with E-state index in [4.69, 9.17) is 9.66 Å². The number of carbonyl (C=O) groups excluding carboxylic acids is 1. The lowest BCUT2D eigenvalue weighted by Crippen LogP contribution is -2.52. The lowest BCUT2D eigenvalue weighted by atomic mass is 10.1. The smallest absolute Gasteiger partial charge is 0.277 e. The fourth-order valence-electron chi connectivity index (χ4n) is 2.94. The van der Waals surface area contributed by atoms with Crippen LogP contribution in [0.2, 0.25) is 0 Å². The van der Waals surface area contributed by atoms with E-state index in [1.807, 2.05) is 0 Å². The van der Waals surface area contributed by atoms with Crippen LogP contribution in [-0.2, 0) is 10.2 Å². The number of nitrogens with two attached hydrogens (primary N) is 1. The predicted molar refractivity (Wildman–Crippen MR) is 92.3 cm³/mol. The highest BCUT2D eigenvalue weighted by atomic mass is 32.2. The number of piperazine rings is 1. The van der Waals surface area contributed by atoms with Gasteiger partial charge in [0.15, 0.2) is 0 Å². The van der Waals surface area contributed by atoms with Crippen LogP contribution in [0, 0.1) is 0 Å². The monoisotopic (exact) mass is 377 g/mol. The van der Waals surface area contributed by atoms with Gasteiger partial charge in [-0.3, -0.25) is 4.79 Å². The molecule has 2 aromatic rings. The summed E-state index contributed by atoms with van der Waals surface area (Å²) in [6.07, 6.45) is 2.18. The van der Waals surface area contributed by atoms with Gasteiger partial charge in [-0.2, -0.15) is 17.7 Å². The van der Waals surface area contributed by atoms with E-state index in [0.29, 0.717) is 36.3 Å². The zero-order valence-electron chi connectivity index (χ0n) is 14.0. The Morgan fingerprint density at radius 1 is 1.12 bits per heavy atom. The summed E-state index contributed by atoms with van der Waals surface area (Å²) in [6, 6.07) is 7.01. The maximum atomic E-state index is 12.6. The van der Waals surface area contributed by atoms with Crippen molar-refractivity contribution in [1.29, 1.82) is 0 Å². The number of hydrogen-bond donors (Lipinski definition) is 1. The minimum absolute atomic E-state index is 0.141. The van der Waals surface area contributed by atoms with Crippen LogP contribution in [0.4, 0.5) is 0 Å². The molecule has 2 aliphatic rings. The minimum atomic E-state index is -3.70. The Morgan fingerprint density at radius 3 is 2.35 bits per heavy atom. The first-order valence-corrected chi connectivity index (χ1v) is 9.93. The predicted octanol–water partition coefficient (Wildman–Crippen LogP) is 0.575. The molecule has 1 aromatic carbocycles. The topological polar surface area (TPSA) is 123 Å². The molecule has 0 radical (unpaired) electrons. The quantitative estimate of drug-likeness (QED) is 0.831. The third-order valence-corrected chi connectivity index (χ3v) is 5.73. The first kappa shape index (κ1) is 17.1. The van der Waals surface area contributed by atoms with Crippen LogP contribution in [0.1, 0.15) is 35.0 Å². The number of nitrogens with zero attached hydrogens (tertiary/aromatic N) is 4. The number of benzene rings is 1. The second-order valence-electron chi connectivity index (χ2n) is 6.54. The van der Waals surface area contributed by atoms with E-state index in [9.17, 15) is 13.2 Å². The van der Waals surface area contributed by atoms with Gasteiger partial charge in [-0.25, -0.2) is 5.14 Å². The van der Waals surface area contributed by atoms with Crippen LogP contribution >= 0.6 is 0 Å². The molecule has 1 saturated carbocycles. The molecule has 138 valence electrons. The van der Waals surface area contributed by atoms with E-state index in [0.717, 1.165) is 18.4 Å². The van der Waals surface area contributed by atoms with Crippen LogP contribution in [0.25, 0.3) is 11.4 Å². The van der Waals surface area contributed by atoms with Gasteiger partial charge in [0.2, 0.25) is 11.7 Å². The molecule has 0 atom stereocenters. The first-order chi connectivity index (χ1) is 12.4. The zero-order chi connectivity index (χ0) is 18.3. The number of aromatic nitrogens is 2. The van der Waals surface area contributed by atoms with Crippen molar-refractivity contribution in [2.45, 2.75) is 18.8 Å². The normalized spacial score (nSPS) is 18.9. The molecule has 2 heterocycles. The Morgan fingerprint density at radius 2 is 1.77 bits per heavy atom. The van der Waals surface area contributed by atoms with Crippen LogP contribution in [0.3, 0.4) is 0 Å². The van der Waals surface area contributed by atoms with Crippen molar-refractivity contribution < 1.29 is 17.7 Å². The van der Waals surface area contributed by atoms with E-state index >= 15 is 0 Å². The molecule has 26 heavy (non-hydrogen) atoms. The van der Waals surface area contributed by atoms with Crippen molar-refractivity contribution in [2.24, 2.45) is 5.14 Å². The van der Waals surface area contributed by atoms with Crippen LogP contribution < -0.4 is 5.14 Å². The number of hydrogen-bond acceptors (Lipinski definition) is 6. The Hall–Kier alpha value is -2.30. The second-order valence-corrected chi connectivity index (χ2v) is 8.09. The standard InChI is InChI=1S/C16H19N5O4S/c17-26(23,24)21-9-7-20(8-10-21)16(22)13-5-1-11(2-6-13)14-18-15(25-19-14)12-3-4-12/h1-2,5-6,12H,3-4,7-10H2,(H2,17,23,24). The highest BCUT2D eigenvalue weighted by Gasteiger charge is 2.30. The highest BCUT2D eigenvalue weighted by Crippen LogP contribution is 2.39. The van der Waals surface area contributed by atoms with Gasteiger partial charge in [0.05, 0.1) is 0 Å². The largest absolute Gasteiger partial charge is 0.339 e. The van der Waals surface area contributed by atoms with Gasteiger partial charge >= 0.3 is 0 Å². The van der Waals surface area contributed by atoms with Crippen molar-refractivity contribution in [3.05, 3.63) is 35.7 Å². The molecule has 4 rings (SSSR count). The van der Waals surface area contributed by atoms with Crippen LogP contribution in [-0.4, -0.2) is 59.8 Å². The summed E-state index contributed by atoms with van der Waals surface area (Å²) in [7, 11) is -3.70.